The fourth-order valence-corrected chi connectivity index (χ4v) is 4.59. The van der Waals surface area contributed by atoms with Crippen LogP contribution in [0.3, 0.4) is 0 Å². The number of hydrogen-bond acceptors (Lipinski definition) is 8. The van der Waals surface area contributed by atoms with E-state index >= 15 is 0 Å². The van der Waals surface area contributed by atoms with Crippen molar-refractivity contribution < 1.29 is 12.9 Å². The van der Waals surface area contributed by atoms with Gasteiger partial charge in [-0.05, 0) is 43.8 Å². The predicted molar refractivity (Wildman–Crippen MR) is 120 cm³/mol. The molecule has 164 valence electrons. The van der Waals surface area contributed by atoms with Gasteiger partial charge in [-0.3, -0.25) is 9.71 Å². The lowest BCUT2D eigenvalue weighted by atomic mass is 10.2. The quantitative estimate of drug-likeness (QED) is 0.596. The Morgan fingerprint density at radius 1 is 1.13 bits per heavy atom. The summed E-state index contributed by atoms with van der Waals surface area (Å²) in [4.78, 5) is 13.5. The third kappa shape index (κ3) is 5.20. The molecule has 31 heavy (non-hydrogen) atoms. The Kier molecular flexibility index (Phi) is 6.19. The fraction of sp³-hybridized carbons (Fsp3) is 0.381. The highest BCUT2D eigenvalue weighted by atomic mass is 32.2. The van der Waals surface area contributed by atoms with Crippen molar-refractivity contribution in [3.63, 3.8) is 0 Å². The molecule has 2 aromatic heterocycles. The SMILES string of the molecule is CCCS(=O)(=O)Nc1cccc(-c2nc(-c3cc(N4CCN(C)CC4)ccn3)no2)c1. The number of pyridine rings is 1. The number of rotatable bonds is 7. The highest BCUT2D eigenvalue weighted by Crippen LogP contribution is 2.26. The second-order valence-corrected chi connectivity index (χ2v) is 9.46. The maximum atomic E-state index is 12.0. The summed E-state index contributed by atoms with van der Waals surface area (Å²) in [6, 6.07) is 10.9. The Morgan fingerprint density at radius 2 is 1.94 bits per heavy atom. The fourth-order valence-electron chi connectivity index (χ4n) is 3.46. The number of nitrogens with one attached hydrogen (secondary N) is 1. The molecule has 1 N–H and O–H groups in total. The first kappa shape index (κ1) is 21.3. The van der Waals surface area contributed by atoms with Crippen molar-refractivity contribution in [2.45, 2.75) is 13.3 Å². The van der Waals surface area contributed by atoms with Gasteiger partial charge >= 0.3 is 0 Å². The minimum atomic E-state index is -3.37. The summed E-state index contributed by atoms with van der Waals surface area (Å²) < 4.78 is 32.1. The molecule has 1 fully saturated rings. The molecule has 0 amide bonds. The zero-order valence-electron chi connectivity index (χ0n) is 17.7. The number of piperazine rings is 1. The summed E-state index contributed by atoms with van der Waals surface area (Å²) in [5.41, 5.74) is 2.80. The van der Waals surface area contributed by atoms with Gasteiger partial charge in [0.2, 0.25) is 15.8 Å². The standard InChI is InChI=1S/C21H26N6O3S/c1-3-13-31(28,29)25-17-6-4-5-16(14-17)21-23-20(24-30-21)19-15-18(7-8-22-19)27-11-9-26(2)10-12-27/h4-8,14-15,25H,3,9-13H2,1-2H3. The van der Waals surface area contributed by atoms with Crippen molar-refractivity contribution in [1.29, 1.82) is 0 Å². The average Bonchev–Trinajstić information content (AvgIpc) is 3.25. The van der Waals surface area contributed by atoms with Gasteiger partial charge in [-0.25, -0.2) is 8.42 Å². The highest BCUT2D eigenvalue weighted by Gasteiger charge is 2.17. The van der Waals surface area contributed by atoms with E-state index in [4.69, 9.17) is 4.52 Å². The van der Waals surface area contributed by atoms with Crippen LogP contribution in [-0.4, -0.2) is 67.4 Å². The lowest BCUT2D eigenvalue weighted by molar-refractivity contribution is 0.313. The molecule has 0 atom stereocenters. The van der Waals surface area contributed by atoms with Crippen molar-refractivity contribution in [2.75, 3.05) is 48.6 Å². The number of anilines is 2. The number of likely N-dealkylation sites (N-methyl/N-ethyl adjacent to an activating group) is 1. The van der Waals surface area contributed by atoms with E-state index in [2.05, 4.69) is 36.7 Å². The second-order valence-electron chi connectivity index (χ2n) is 7.61. The number of hydrogen-bond donors (Lipinski definition) is 1. The van der Waals surface area contributed by atoms with E-state index in [0.717, 1.165) is 31.9 Å². The van der Waals surface area contributed by atoms with E-state index in [1.807, 2.05) is 19.1 Å². The monoisotopic (exact) mass is 442 g/mol. The van der Waals surface area contributed by atoms with Crippen LogP contribution in [0, 0.1) is 0 Å². The average molecular weight is 443 g/mol. The third-order valence-corrected chi connectivity index (χ3v) is 6.62. The normalized spacial score (nSPS) is 15.2. The maximum Gasteiger partial charge on any atom is 0.258 e. The van der Waals surface area contributed by atoms with Gasteiger partial charge in [0, 0.05) is 49.3 Å². The van der Waals surface area contributed by atoms with Crippen molar-refractivity contribution in [3.05, 3.63) is 42.6 Å². The lowest BCUT2D eigenvalue weighted by Gasteiger charge is -2.34. The van der Waals surface area contributed by atoms with Gasteiger partial charge in [-0.2, -0.15) is 4.98 Å². The van der Waals surface area contributed by atoms with Crippen LogP contribution in [0.5, 0.6) is 0 Å². The molecule has 9 nitrogen and oxygen atoms in total. The van der Waals surface area contributed by atoms with Gasteiger partial charge in [0.15, 0.2) is 0 Å². The lowest BCUT2D eigenvalue weighted by Crippen LogP contribution is -2.44. The molecule has 0 unspecified atom stereocenters. The Morgan fingerprint density at radius 3 is 2.71 bits per heavy atom. The van der Waals surface area contributed by atoms with E-state index in [9.17, 15) is 8.42 Å². The highest BCUT2D eigenvalue weighted by molar-refractivity contribution is 7.92. The summed E-state index contributed by atoms with van der Waals surface area (Å²) in [6.07, 6.45) is 2.30. The molecule has 1 aromatic carbocycles. The van der Waals surface area contributed by atoms with Crippen LogP contribution >= 0.6 is 0 Å². The topological polar surface area (TPSA) is 104 Å². The molecule has 1 aliphatic rings. The van der Waals surface area contributed by atoms with E-state index < -0.39 is 10.0 Å². The molecule has 1 aliphatic heterocycles. The Bertz CT molecular complexity index is 1140. The molecule has 10 heteroatoms. The number of sulfonamides is 1. The third-order valence-electron chi connectivity index (χ3n) is 5.12. The molecule has 1 saturated heterocycles. The van der Waals surface area contributed by atoms with E-state index in [-0.39, 0.29) is 5.75 Å². The van der Waals surface area contributed by atoms with Crippen molar-refractivity contribution >= 4 is 21.4 Å². The molecule has 0 bridgehead atoms. The summed E-state index contributed by atoms with van der Waals surface area (Å²) in [6.45, 7) is 5.77. The molecule has 3 heterocycles. The molecular formula is C21H26N6O3S. The first-order chi connectivity index (χ1) is 14.9. The zero-order chi connectivity index (χ0) is 21.8. The van der Waals surface area contributed by atoms with Crippen molar-refractivity contribution in [2.24, 2.45) is 0 Å². The summed E-state index contributed by atoms with van der Waals surface area (Å²) in [5.74, 6) is 0.762. The number of benzene rings is 1. The summed E-state index contributed by atoms with van der Waals surface area (Å²) in [5, 5.41) is 4.08. The van der Waals surface area contributed by atoms with Crippen LogP contribution in [0.1, 0.15) is 13.3 Å². The Hall–Kier alpha value is -2.98. The molecular weight excluding hydrogens is 416 g/mol. The second kappa shape index (κ2) is 9.03. The van der Waals surface area contributed by atoms with Crippen molar-refractivity contribution in [1.82, 2.24) is 20.0 Å². The smallest absolute Gasteiger partial charge is 0.258 e. The van der Waals surface area contributed by atoms with Crippen molar-refractivity contribution in [3.8, 4) is 23.0 Å². The van der Waals surface area contributed by atoms with Gasteiger partial charge in [-0.15, -0.1) is 0 Å². The van der Waals surface area contributed by atoms with Crippen LogP contribution in [0.4, 0.5) is 11.4 Å². The van der Waals surface area contributed by atoms with Gasteiger partial charge in [0.05, 0.1) is 5.75 Å². The van der Waals surface area contributed by atoms with Crippen LogP contribution in [0.15, 0.2) is 47.1 Å². The Labute approximate surface area is 182 Å². The molecule has 3 aromatic rings. The van der Waals surface area contributed by atoms with Crippen LogP contribution < -0.4 is 9.62 Å². The van der Waals surface area contributed by atoms with E-state index in [1.165, 1.54) is 0 Å². The number of nitrogens with zero attached hydrogens (tertiary/aromatic N) is 5. The van der Waals surface area contributed by atoms with Crippen LogP contribution in [0.25, 0.3) is 23.0 Å². The van der Waals surface area contributed by atoms with E-state index in [1.54, 1.807) is 30.5 Å². The van der Waals surface area contributed by atoms with Crippen LogP contribution in [0.2, 0.25) is 0 Å². The van der Waals surface area contributed by atoms with Gasteiger partial charge in [-0.1, -0.05) is 18.1 Å². The molecule has 0 saturated carbocycles. The minimum absolute atomic E-state index is 0.0667. The largest absolute Gasteiger partial charge is 0.369 e. The molecule has 0 aliphatic carbocycles. The maximum absolute atomic E-state index is 12.0. The summed E-state index contributed by atoms with van der Waals surface area (Å²) >= 11 is 0. The Balaban J connectivity index is 1.54. The molecule has 0 spiro atoms. The van der Waals surface area contributed by atoms with Gasteiger partial charge in [0.1, 0.15) is 5.69 Å². The first-order valence-corrected chi connectivity index (χ1v) is 11.9. The van der Waals surface area contributed by atoms with E-state index in [0.29, 0.717) is 35.1 Å². The van der Waals surface area contributed by atoms with Gasteiger partial charge < -0.3 is 14.3 Å². The first-order valence-electron chi connectivity index (χ1n) is 10.3. The van der Waals surface area contributed by atoms with Gasteiger partial charge in [0.25, 0.3) is 5.89 Å². The predicted octanol–water partition coefficient (Wildman–Crippen LogP) is 2.70. The minimum Gasteiger partial charge on any atom is -0.369 e. The van der Waals surface area contributed by atoms with Crippen LogP contribution in [-0.2, 0) is 10.0 Å². The molecule has 4 rings (SSSR count). The zero-order valence-corrected chi connectivity index (χ0v) is 18.5. The number of aromatic nitrogens is 3. The molecule has 0 radical (unpaired) electrons. The summed E-state index contributed by atoms with van der Waals surface area (Å²) in [7, 11) is -1.25.